The number of carbonyl (C=O) groups excluding carboxylic acids is 3. The third-order valence-electron chi connectivity index (χ3n) is 8.55. The maximum atomic E-state index is 14.1. The van der Waals surface area contributed by atoms with Crippen molar-refractivity contribution >= 4 is 29.0 Å². The Kier molecular flexibility index (Phi) is 8.80. The van der Waals surface area contributed by atoms with E-state index in [1.165, 1.54) is 0 Å². The van der Waals surface area contributed by atoms with Gasteiger partial charge in [0.1, 0.15) is 11.5 Å². The fourth-order valence-electron chi connectivity index (χ4n) is 6.09. The van der Waals surface area contributed by atoms with Crippen LogP contribution < -0.4 is 19.9 Å². The molecule has 1 saturated heterocycles. The summed E-state index contributed by atoms with van der Waals surface area (Å²) in [5.41, 5.74) is 1.65. The van der Waals surface area contributed by atoms with Gasteiger partial charge < -0.3 is 24.6 Å². The molecule has 3 atom stereocenters. The number of hydrogen-bond acceptors (Lipinski definition) is 6. The first kappa shape index (κ1) is 29.3. The second kappa shape index (κ2) is 12.3. The van der Waals surface area contributed by atoms with Crippen molar-refractivity contribution in [3.05, 3.63) is 54.1 Å². The Morgan fingerprint density at radius 1 is 1.15 bits per heavy atom. The van der Waals surface area contributed by atoms with E-state index in [0.717, 1.165) is 24.1 Å². The lowest BCUT2D eigenvalue weighted by atomic mass is 9.83. The van der Waals surface area contributed by atoms with E-state index >= 15 is 0 Å². The lowest BCUT2D eigenvalue weighted by Crippen LogP contribution is -2.53. The van der Waals surface area contributed by atoms with Crippen LogP contribution in [0.2, 0.25) is 0 Å². The first-order chi connectivity index (χ1) is 19.7. The predicted molar refractivity (Wildman–Crippen MR) is 162 cm³/mol. The van der Waals surface area contributed by atoms with Gasteiger partial charge >= 0.3 is 0 Å². The summed E-state index contributed by atoms with van der Waals surface area (Å²) in [4.78, 5) is 44.4. The summed E-state index contributed by atoms with van der Waals surface area (Å²) in [5, 5.41) is 3.37. The van der Waals surface area contributed by atoms with Gasteiger partial charge in [0, 0.05) is 58.8 Å². The third kappa shape index (κ3) is 6.49. The molecule has 0 aromatic heterocycles. The van der Waals surface area contributed by atoms with Gasteiger partial charge in [0.15, 0.2) is 5.60 Å². The maximum Gasteiger partial charge on any atom is 0.270 e. The highest BCUT2D eigenvalue weighted by atomic mass is 16.5. The van der Waals surface area contributed by atoms with Crippen LogP contribution in [-0.2, 0) is 19.1 Å². The number of ether oxygens (including phenoxy) is 2. The predicted octanol–water partition coefficient (Wildman–Crippen LogP) is 4.96. The quantitative estimate of drug-likeness (QED) is 0.389. The van der Waals surface area contributed by atoms with Gasteiger partial charge in [-0.2, -0.15) is 0 Å². The summed E-state index contributed by atoms with van der Waals surface area (Å²) in [6.45, 7) is 7.87. The van der Waals surface area contributed by atoms with Crippen LogP contribution in [0.4, 0.5) is 11.4 Å². The van der Waals surface area contributed by atoms with Gasteiger partial charge in [-0.25, -0.2) is 0 Å². The smallest absolute Gasteiger partial charge is 0.270 e. The molecule has 0 unspecified atom stereocenters. The number of fused-ring (bicyclic) bond motifs is 1. The van der Waals surface area contributed by atoms with E-state index in [4.69, 9.17) is 9.47 Å². The van der Waals surface area contributed by atoms with Gasteiger partial charge in [-0.15, -0.1) is 0 Å². The fourth-order valence-corrected chi connectivity index (χ4v) is 6.09. The van der Waals surface area contributed by atoms with E-state index in [-0.39, 0.29) is 42.8 Å². The van der Waals surface area contributed by atoms with Crippen LogP contribution in [-0.4, -0.2) is 62.6 Å². The normalized spacial score (nSPS) is 22.4. The van der Waals surface area contributed by atoms with Crippen LogP contribution in [0.5, 0.6) is 5.75 Å². The Balaban J connectivity index is 0.00000405. The van der Waals surface area contributed by atoms with Crippen molar-refractivity contribution in [2.75, 3.05) is 43.2 Å². The van der Waals surface area contributed by atoms with Crippen molar-refractivity contribution < 1.29 is 25.3 Å². The number of hydrogen-bond donors (Lipinski definition) is 1. The number of carbonyl (C=O) groups is 3. The van der Waals surface area contributed by atoms with Gasteiger partial charge in [0.2, 0.25) is 5.91 Å². The lowest BCUT2D eigenvalue weighted by Gasteiger charge is -2.39. The minimum atomic E-state index is -0.971. The zero-order valence-corrected chi connectivity index (χ0v) is 24.7. The van der Waals surface area contributed by atoms with Crippen molar-refractivity contribution in [2.24, 2.45) is 11.8 Å². The molecule has 0 radical (unpaired) electrons. The highest BCUT2D eigenvalue weighted by Crippen LogP contribution is 2.43. The number of methoxy groups -OCH3 is 1. The van der Waals surface area contributed by atoms with Crippen LogP contribution in [0.25, 0.3) is 0 Å². The second-order valence-corrected chi connectivity index (χ2v) is 12.3. The average molecular weight is 564 g/mol. The van der Waals surface area contributed by atoms with Crippen molar-refractivity contribution in [3.8, 4) is 5.75 Å². The molecule has 1 saturated carbocycles. The SMILES string of the molecule is COCCCN1C(=O)C(C)(C)Oc2ccc(N(C(=O)[C@H]3CNC[C@@H](C(=O)C[C@@H](C)c4ccccc4)C3)C3CC3)cc21.[HH]. The molecule has 2 amide bonds. The molecule has 2 heterocycles. The van der Waals surface area contributed by atoms with Crippen molar-refractivity contribution in [1.29, 1.82) is 0 Å². The van der Waals surface area contributed by atoms with Gasteiger partial charge in [-0.3, -0.25) is 14.4 Å². The Morgan fingerprint density at radius 2 is 1.88 bits per heavy atom. The topological polar surface area (TPSA) is 88.2 Å². The molecule has 2 aliphatic heterocycles. The molecule has 8 heteroatoms. The number of nitrogens with zero attached hydrogens (tertiary/aromatic N) is 2. The first-order valence-corrected chi connectivity index (χ1v) is 14.9. The molecule has 2 aromatic carbocycles. The van der Waals surface area contributed by atoms with Crippen LogP contribution >= 0.6 is 0 Å². The maximum absolute atomic E-state index is 14.1. The summed E-state index contributed by atoms with van der Waals surface area (Å²) in [6, 6.07) is 16.0. The van der Waals surface area contributed by atoms with Gasteiger partial charge in [0.25, 0.3) is 5.91 Å². The third-order valence-corrected chi connectivity index (χ3v) is 8.55. The van der Waals surface area contributed by atoms with Gasteiger partial charge in [-0.05, 0) is 69.2 Å². The molecule has 41 heavy (non-hydrogen) atoms. The fraction of sp³-hybridized carbons (Fsp3) is 0.545. The molecule has 1 N–H and O–H groups in total. The summed E-state index contributed by atoms with van der Waals surface area (Å²) < 4.78 is 11.3. The number of Topliss-reactive ketones (excluding diaryl/α,β-unsaturated/α-hetero) is 1. The molecule has 222 valence electrons. The highest BCUT2D eigenvalue weighted by molar-refractivity contribution is 6.04. The summed E-state index contributed by atoms with van der Waals surface area (Å²) in [7, 11) is 1.65. The Morgan fingerprint density at radius 3 is 2.59 bits per heavy atom. The Labute approximate surface area is 244 Å². The molecule has 0 spiro atoms. The molecule has 8 nitrogen and oxygen atoms in total. The van der Waals surface area contributed by atoms with E-state index in [0.29, 0.717) is 56.9 Å². The molecule has 1 aliphatic carbocycles. The average Bonchev–Trinajstić information content (AvgIpc) is 3.81. The van der Waals surface area contributed by atoms with E-state index in [2.05, 4.69) is 24.4 Å². The van der Waals surface area contributed by atoms with E-state index in [9.17, 15) is 14.4 Å². The minimum absolute atomic E-state index is 0. The zero-order valence-electron chi connectivity index (χ0n) is 24.7. The summed E-state index contributed by atoms with van der Waals surface area (Å²) >= 11 is 0. The van der Waals surface area contributed by atoms with E-state index in [1.807, 2.05) is 41.3 Å². The Hall–Kier alpha value is -3.23. The van der Waals surface area contributed by atoms with Crippen LogP contribution in [0.3, 0.4) is 0 Å². The highest BCUT2D eigenvalue weighted by Gasteiger charge is 2.43. The van der Waals surface area contributed by atoms with Crippen molar-refractivity contribution in [3.63, 3.8) is 0 Å². The number of amides is 2. The number of benzene rings is 2. The molecular formula is C33H45N3O5. The van der Waals surface area contributed by atoms with Crippen molar-refractivity contribution in [2.45, 2.75) is 70.4 Å². The monoisotopic (exact) mass is 563 g/mol. The largest absolute Gasteiger partial charge is 0.476 e. The van der Waals surface area contributed by atoms with Crippen LogP contribution in [0.15, 0.2) is 48.5 Å². The molecule has 5 rings (SSSR count). The zero-order chi connectivity index (χ0) is 29.1. The van der Waals surface area contributed by atoms with Gasteiger partial charge in [-0.1, -0.05) is 37.3 Å². The van der Waals surface area contributed by atoms with E-state index in [1.54, 1.807) is 25.9 Å². The molecule has 2 fully saturated rings. The molecule has 2 aromatic rings. The van der Waals surface area contributed by atoms with Crippen LogP contribution in [0.1, 0.15) is 65.8 Å². The summed E-state index contributed by atoms with van der Waals surface area (Å²) in [6.07, 6.45) is 3.61. The molecular weight excluding hydrogens is 518 g/mol. The number of piperidine rings is 1. The number of anilines is 2. The standard InChI is InChI=1S/C33H43N3O5.H2/c1-22(23-9-6-5-7-10-23)17-29(37)24-18-25(21-34-20-24)31(38)36(26-11-12-26)27-13-14-30-28(19-27)35(15-8-16-40-4)32(39)33(2,3)41-30;/h5-7,9-10,13-14,19,22,24-26,34H,8,11-12,15-18,20-21H2,1-4H3;1H/t22-,24+,25-;/m1./s1. The lowest BCUT2D eigenvalue weighted by molar-refractivity contribution is -0.132. The van der Waals surface area contributed by atoms with Crippen LogP contribution in [0, 0.1) is 11.8 Å². The summed E-state index contributed by atoms with van der Waals surface area (Å²) in [5.74, 6) is 0.460. The molecule has 3 aliphatic rings. The number of rotatable bonds is 11. The number of ketones is 1. The second-order valence-electron chi connectivity index (χ2n) is 12.3. The Bertz CT molecular complexity index is 1270. The van der Waals surface area contributed by atoms with Gasteiger partial charge in [0.05, 0.1) is 11.6 Å². The first-order valence-electron chi connectivity index (χ1n) is 14.9. The number of nitrogens with one attached hydrogen (secondary N) is 1. The van der Waals surface area contributed by atoms with E-state index < -0.39 is 5.60 Å². The molecule has 0 bridgehead atoms. The van der Waals surface area contributed by atoms with Crippen molar-refractivity contribution in [1.82, 2.24) is 5.32 Å². The minimum Gasteiger partial charge on any atom is -0.476 e.